The smallest absolute Gasteiger partial charge is 0.311 e. The fraction of sp³-hybridized carbons (Fsp3) is 0.743. The molecule has 0 bridgehead atoms. The van der Waals surface area contributed by atoms with Crippen LogP contribution in [0.25, 0.3) is 0 Å². The van der Waals surface area contributed by atoms with E-state index in [9.17, 15) is 4.79 Å². The van der Waals surface area contributed by atoms with E-state index in [1.807, 2.05) is 30.3 Å². The van der Waals surface area contributed by atoms with E-state index < -0.39 is 0 Å². The monoisotopic (exact) mass is 512 g/mol. The number of esters is 1. The van der Waals surface area contributed by atoms with Gasteiger partial charge in [0.1, 0.15) is 5.75 Å². The van der Waals surface area contributed by atoms with Crippen molar-refractivity contribution >= 4 is 5.97 Å². The second-order valence-corrected chi connectivity index (χ2v) is 11.0. The zero-order valence-electron chi connectivity index (χ0n) is 24.5. The molecule has 0 saturated heterocycles. The van der Waals surface area contributed by atoms with Crippen LogP contribution in [-0.2, 0) is 4.79 Å². The van der Waals surface area contributed by atoms with E-state index in [0.717, 1.165) is 12.8 Å². The van der Waals surface area contributed by atoms with E-state index in [1.165, 1.54) is 141 Å². The minimum Gasteiger partial charge on any atom is -0.427 e. The number of hydrogen-bond donors (Lipinski definition) is 0. The second-order valence-electron chi connectivity index (χ2n) is 11.0. The summed E-state index contributed by atoms with van der Waals surface area (Å²) in [5.74, 6) is 0.478. The molecule has 0 radical (unpaired) electrons. The Morgan fingerprint density at radius 1 is 0.541 bits per heavy atom. The average molecular weight is 513 g/mol. The van der Waals surface area contributed by atoms with Crippen LogP contribution in [-0.4, -0.2) is 5.97 Å². The van der Waals surface area contributed by atoms with Gasteiger partial charge in [-0.1, -0.05) is 172 Å². The summed E-state index contributed by atoms with van der Waals surface area (Å²) < 4.78 is 5.30. The van der Waals surface area contributed by atoms with Crippen LogP contribution in [0.3, 0.4) is 0 Å². The molecule has 0 aliphatic carbocycles. The van der Waals surface area contributed by atoms with Gasteiger partial charge >= 0.3 is 5.97 Å². The van der Waals surface area contributed by atoms with E-state index in [1.54, 1.807) is 0 Å². The predicted octanol–water partition coefficient (Wildman–Crippen LogP) is 11.9. The minimum absolute atomic E-state index is 0.153. The number of para-hydroxylation sites is 1. The molecule has 0 saturated carbocycles. The normalized spacial score (nSPS) is 11.4. The zero-order chi connectivity index (χ0) is 26.5. The largest absolute Gasteiger partial charge is 0.427 e. The predicted molar refractivity (Wildman–Crippen MR) is 162 cm³/mol. The molecule has 0 spiro atoms. The third-order valence-electron chi connectivity index (χ3n) is 7.38. The van der Waals surface area contributed by atoms with Gasteiger partial charge in [0.15, 0.2) is 0 Å². The first-order valence-corrected chi connectivity index (χ1v) is 16.2. The van der Waals surface area contributed by atoms with Gasteiger partial charge in [-0.2, -0.15) is 0 Å². The van der Waals surface area contributed by atoms with Crippen molar-refractivity contribution in [2.24, 2.45) is 0 Å². The van der Waals surface area contributed by atoms with Crippen molar-refractivity contribution in [3.63, 3.8) is 0 Å². The summed E-state index contributed by atoms with van der Waals surface area (Å²) in [7, 11) is 0. The summed E-state index contributed by atoms with van der Waals surface area (Å²) in [4.78, 5) is 11.8. The number of carbonyl (C=O) groups is 1. The van der Waals surface area contributed by atoms with Crippen molar-refractivity contribution in [2.75, 3.05) is 0 Å². The molecule has 0 fully saturated rings. The summed E-state index contributed by atoms with van der Waals surface area (Å²) in [5.41, 5.74) is 0. The highest BCUT2D eigenvalue weighted by atomic mass is 16.5. The van der Waals surface area contributed by atoms with Crippen LogP contribution in [0.5, 0.6) is 5.75 Å². The number of carbonyl (C=O) groups excluding carboxylic acids is 1. The van der Waals surface area contributed by atoms with Crippen LogP contribution in [0.1, 0.15) is 167 Å². The van der Waals surface area contributed by atoms with Crippen molar-refractivity contribution in [3.8, 4) is 5.75 Å². The molecule has 212 valence electrons. The SMILES string of the molecule is CCCCCCCCCCCCCCCCCCCCCCCC/C=C/CCC(=O)Oc1ccccc1. The first-order valence-electron chi connectivity index (χ1n) is 16.2. The van der Waals surface area contributed by atoms with Gasteiger partial charge < -0.3 is 4.74 Å². The van der Waals surface area contributed by atoms with Gasteiger partial charge in [-0.15, -0.1) is 0 Å². The molecule has 1 rings (SSSR count). The molecule has 0 aliphatic heterocycles. The van der Waals surface area contributed by atoms with Gasteiger partial charge in [0, 0.05) is 6.42 Å². The van der Waals surface area contributed by atoms with E-state index in [-0.39, 0.29) is 5.97 Å². The van der Waals surface area contributed by atoms with Gasteiger partial charge in [-0.3, -0.25) is 4.79 Å². The fourth-order valence-corrected chi connectivity index (χ4v) is 4.98. The van der Waals surface area contributed by atoms with Crippen LogP contribution < -0.4 is 4.74 Å². The maximum Gasteiger partial charge on any atom is 0.311 e. The van der Waals surface area contributed by atoms with Crippen molar-refractivity contribution in [1.29, 1.82) is 0 Å². The number of rotatable bonds is 27. The van der Waals surface area contributed by atoms with Gasteiger partial charge in [-0.05, 0) is 31.4 Å². The molecular formula is C35H60O2. The topological polar surface area (TPSA) is 26.3 Å². The van der Waals surface area contributed by atoms with Crippen molar-refractivity contribution in [2.45, 2.75) is 167 Å². The highest BCUT2D eigenvalue weighted by Crippen LogP contribution is 2.16. The Kier molecular flexibility index (Phi) is 24.8. The summed E-state index contributed by atoms with van der Waals surface area (Å²) in [5, 5.41) is 0. The lowest BCUT2D eigenvalue weighted by Crippen LogP contribution is -2.06. The van der Waals surface area contributed by atoms with E-state index in [2.05, 4.69) is 19.1 Å². The van der Waals surface area contributed by atoms with Gasteiger partial charge in [-0.25, -0.2) is 0 Å². The van der Waals surface area contributed by atoms with E-state index in [4.69, 9.17) is 4.74 Å². The molecule has 1 aromatic carbocycles. The Hall–Kier alpha value is -1.57. The van der Waals surface area contributed by atoms with Gasteiger partial charge in [0.05, 0.1) is 0 Å². The molecule has 37 heavy (non-hydrogen) atoms. The Labute approximate surface area is 231 Å². The molecule has 0 amide bonds. The fourth-order valence-electron chi connectivity index (χ4n) is 4.98. The van der Waals surface area contributed by atoms with Crippen molar-refractivity contribution in [1.82, 2.24) is 0 Å². The van der Waals surface area contributed by atoms with Crippen molar-refractivity contribution in [3.05, 3.63) is 42.5 Å². The molecule has 0 N–H and O–H groups in total. The van der Waals surface area contributed by atoms with Crippen LogP contribution in [0, 0.1) is 0 Å². The molecule has 2 heteroatoms. The number of hydrogen-bond acceptors (Lipinski definition) is 2. The van der Waals surface area contributed by atoms with Crippen LogP contribution in [0.2, 0.25) is 0 Å². The molecule has 0 aliphatic rings. The van der Waals surface area contributed by atoms with Crippen LogP contribution in [0.15, 0.2) is 42.5 Å². The Balaban J connectivity index is 1.70. The Morgan fingerprint density at radius 3 is 1.35 bits per heavy atom. The van der Waals surface area contributed by atoms with Gasteiger partial charge in [0.25, 0.3) is 0 Å². The molecule has 0 aromatic heterocycles. The lowest BCUT2D eigenvalue weighted by Gasteiger charge is -2.04. The number of unbranched alkanes of at least 4 members (excludes halogenated alkanes) is 22. The molecule has 1 aromatic rings. The molecule has 0 atom stereocenters. The Morgan fingerprint density at radius 2 is 0.919 bits per heavy atom. The Bertz CT molecular complexity index is 621. The highest BCUT2D eigenvalue weighted by molar-refractivity contribution is 5.72. The number of benzene rings is 1. The summed E-state index contributed by atoms with van der Waals surface area (Å²) in [6.45, 7) is 2.30. The average Bonchev–Trinajstić information content (AvgIpc) is 2.91. The third-order valence-corrected chi connectivity index (χ3v) is 7.38. The maximum absolute atomic E-state index is 11.8. The number of ether oxygens (including phenoxy) is 1. The molecular weight excluding hydrogens is 452 g/mol. The van der Waals surface area contributed by atoms with E-state index >= 15 is 0 Å². The first-order chi connectivity index (χ1) is 18.3. The van der Waals surface area contributed by atoms with Crippen molar-refractivity contribution < 1.29 is 9.53 Å². The number of allylic oxidation sites excluding steroid dienone is 2. The summed E-state index contributed by atoms with van der Waals surface area (Å²) in [6.07, 6.45) is 38.2. The first kappa shape index (κ1) is 33.5. The lowest BCUT2D eigenvalue weighted by atomic mass is 10.0. The standard InChI is InChI=1S/C35H60O2/c1-2-3-4-5-6-7-8-9-10-11-12-13-14-15-16-17-18-19-20-21-22-23-24-25-26-30-33-35(36)37-34-31-28-27-29-32-34/h25-29,31-32H,2-24,30,33H2,1H3/b26-25+. The second kappa shape index (κ2) is 27.5. The lowest BCUT2D eigenvalue weighted by molar-refractivity contribution is -0.134. The summed E-state index contributed by atoms with van der Waals surface area (Å²) >= 11 is 0. The maximum atomic E-state index is 11.8. The summed E-state index contributed by atoms with van der Waals surface area (Å²) in [6, 6.07) is 9.31. The molecule has 2 nitrogen and oxygen atoms in total. The quantitative estimate of drug-likeness (QED) is 0.0507. The molecule has 0 heterocycles. The van der Waals surface area contributed by atoms with E-state index in [0.29, 0.717) is 12.2 Å². The zero-order valence-corrected chi connectivity index (χ0v) is 24.5. The third kappa shape index (κ3) is 24.5. The van der Waals surface area contributed by atoms with Crippen LogP contribution in [0.4, 0.5) is 0 Å². The van der Waals surface area contributed by atoms with Gasteiger partial charge in [0.2, 0.25) is 0 Å². The minimum atomic E-state index is -0.153. The van der Waals surface area contributed by atoms with Crippen LogP contribution >= 0.6 is 0 Å². The molecule has 0 unspecified atom stereocenters. The highest BCUT2D eigenvalue weighted by Gasteiger charge is 2.02.